The van der Waals surface area contributed by atoms with Crippen molar-refractivity contribution >= 4 is 59.5 Å². The molecule has 1 aromatic heterocycles. The number of anilines is 1. The van der Waals surface area contributed by atoms with E-state index in [1.165, 1.54) is 6.20 Å². The SMILES string of the molecule is O=C(Cc1ccc(Br)cc1)Nc1ncc(Br)nc1Br. The number of aromatic nitrogens is 2. The topological polar surface area (TPSA) is 54.9 Å². The largest absolute Gasteiger partial charge is 0.308 e. The van der Waals surface area contributed by atoms with Crippen LogP contribution in [0.5, 0.6) is 0 Å². The molecule has 0 spiro atoms. The quantitative estimate of drug-likeness (QED) is 0.772. The van der Waals surface area contributed by atoms with E-state index in [0.29, 0.717) is 15.0 Å². The number of carbonyl (C=O) groups is 1. The van der Waals surface area contributed by atoms with Gasteiger partial charge in [0.1, 0.15) is 9.21 Å². The van der Waals surface area contributed by atoms with Crippen molar-refractivity contribution in [2.75, 3.05) is 5.32 Å². The van der Waals surface area contributed by atoms with Crippen LogP contribution in [-0.4, -0.2) is 15.9 Å². The minimum atomic E-state index is -0.139. The summed E-state index contributed by atoms with van der Waals surface area (Å²) < 4.78 is 2.08. The third kappa shape index (κ3) is 4.36. The first-order valence-corrected chi connectivity index (χ1v) is 7.65. The van der Waals surface area contributed by atoms with Gasteiger partial charge in [-0.1, -0.05) is 28.1 Å². The summed E-state index contributed by atoms with van der Waals surface area (Å²) in [6.07, 6.45) is 1.82. The molecular weight excluding hydrogens is 442 g/mol. The number of nitrogens with zero attached hydrogens (tertiary/aromatic N) is 2. The summed E-state index contributed by atoms with van der Waals surface area (Å²) in [4.78, 5) is 20.1. The number of nitrogens with one attached hydrogen (secondary N) is 1. The van der Waals surface area contributed by atoms with Crippen LogP contribution < -0.4 is 5.32 Å². The van der Waals surface area contributed by atoms with E-state index >= 15 is 0 Å². The highest BCUT2D eigenvalue weighted by atomic mass is 79.9. The molecule has 19 heavy (non-hydrogen) atoms. The Kier molecular flexibility index (Phi) is 5.06. The Balaban J connectivity index is 2.03. The molecule has 2 aromatic rings. The molecule has 0 fully saturated rings. The van der Waals surface area contributed by atoms with Crippen molar-refractivity contribution in [2.45, 2.75) is 6.42 Å². The van der Waals surface area contributed by atoms with Crippen molar-refractivity contribution < 1.29 is 4.79 Å². The van der Waals surface area contributed by atoms with Gasteiger partial charge >= 0.3 is 0 Å². The van der Waals surface area contributed by atoms with Gasteiger partial charge in [-0.25, -0.2) is 9.97 Å². The number of halogens is 3. The molecule has 7 heteroatoms. The smallest absolute Gasteiger partial charge is 0.230 e. The van der Waals surface area contributed by atoms with Gasteiger partial charge in [-0.3, -0.25) is 4.79 Å². The van der Waals surface area contributed by atoms with Crippen LogP contribution in [0.1, 0.15) is 5.56 Å². The van der Waals surface area contributed by atoms with Crippen molar-refractivity contribution in [3.63, 3.8) is 0 Å². The molecule has 2 rings (SSSR count). The average Bonchev–Trinajstić information content (AvgIpc) is 2.36. The van der Waals surface area contributed by atoms with Gasteiger partial charge in [0.2, 0.25) is 5.91 Å². The molecule has 1 N–H and O–H groups in total. The van der Waals surface area contributed by atoms with Crippen LogP contribution in [0.4, 0.5) is 5.82 Å². The molecule has 0 radical (unpaired) electrons. The maximum atomic E-state index is 11.9. The molecule has 98 valence electrons. The lowest BCUT2D eigenvalue weighted by Crippen LogP contribution is -2.16. The molecular formula is C12H8Br3N3O. The molecule has 1 amide bonds. The summed E-state index contributed by atoms with van der Waals surface area (Å²) in [5.41, 5.74) is 0.932. The fourth-order valence-corrected chi connectivity index (χ4v) is 2.57. The van der Waals surface area contributed by atoms with E-state index in [1.54, 1.807) is 0 Å². The van der Waals surface area contributed by atoms with Crippen LogP contribution in [0.3, 0.4) is 0 Å². The number of benzene rings is 1. The number of hydrogen-bond acceptors (Lipinski definition) is 3. The lowest BCUT2D eigenvalue weighted by molar-refractivity contribution is -0.115. The number of hydrogen-bond donors (Lipinski definition) is 1. The van der Waals surface area contributed by atoms with Crippen molar-refractivity contribution in [1.82, 2.24) is 9.97 Å². The van der Waals surface area contributed by atoms with Gasteiger partial charge in [-0.2, -0.15) is 0 Å². The van der Waals surface area contributed by atoms with Gasteiger partial charge < -0.3 is 5.32 Å². The van der Waals surface area contributed by atoms with Crippen LogP contribution in [0, 0.1) is 0 Å². The molecule has 1 aromatic carbocycles. The van der Waals surface area contributed by atoms with E-state index in [2.05, 4.69) is 63.1 Å². The summed E-state index contributed by atoms with van der Waals surface area (Å²) in [6.45, 7) is 0. The lowest BCUT2D eigenvalue weighted by atomic mass is 10.1. The lowest BCUT2D eigenvalue weighted by Gasteiger charge is -2.06. The minimum absolute atomic E-state index is 0.139. The summed E-state index contributed by atoms with van der Waals surface area (Å²) in [6, 6.07) is 7.59. The first kappa shape index (κ1) is 14.6. The predicted octanol–water partition coefficient (Wildman–Crippen LogP) is 3.95. The van der Waals surface area contributed by atoms with E-state index in [0.717, 1.165) is 10.0 Å². The Bertz CT molecular complexity index is 602. The standard InChI is InChI=1S/C12H8Br3N3O/c13-8-3-1-7(2-4-8)5-10(19)18-12-11(15)17-9(14)6-16-12/h1-4,6H,5H2,(H,16,18,19). The molecule has 0 atom stereocenters. The van der Waals surface area contributed by atoms with Gasteiger partial charge in [-0.15, -0.1) is 0 Å². The van der Waals surface area contributed by atoms with E-state index < -0.39 is 0 Å². The van der Waals surface area contributed by atoms with Crippen LogP contribution >= 0.6 is 47.8 Å². The third-order valence-electron chi connectivity index (χ3n) is 2.24. The van der Waals surface area contributed by atoms with Gasteiger partial charge in [-0.05, 0) is 49.6 Å². The zero-order chi connectivity index (χ0) is 13.8. The maximum Gasteiger partial charge on any atom is 0.230 e. The Labute approximate surface area is 135 Å². The third-order valence-corrected chi connectivity index (χ3v) is 3.70. The van der Waals surface area contributed by atoms with E-state index in [9.17, 15) is 4.79 Å². The van der Waals surface area contributed by atoms with E-state index in [-0.39, 0.29) is 12.3 Å². The zero-order valence-corrected chi connectivity index (χ0v) is 14.3. The second-order valence-corrected chi connectivity index (χ2v) is 6.16. The first-order valence-electron chi connectivity index (χ1n) is 5.27. The van der Waals surface area contributed by atoms with Crippen LogP contribution in [0.25, 0.3) is 0 Å². The maximum absolute atomic E-state index is 11.9. The van der Waals surface area contributed by atoms with E-state index in [1.807, 2.05) is 24.3 Å². The summed E-state index contributed by atoms with van der Waals surface area (Å²) in [7, 11) is 0. The molecule has 0 bridgehead atoms. The summed E-state index contributed by atoms with van der Waals surface area (Å²) >= 11 is 9.80. The molecule has 0 saturated heterocycles. The molecule has 0 aliphatic heterocycles. The Morgan fingerprint density at radius 1 is 1.16 bits per heavy atom. The molecule has 1 heterocycles. The fraction of sp³-hybridized carbons (Fsp3) is 0.0833. The highest BCUT2D eigenvalue weighted by Gasteiger charge is 2.09. The summed E-state index contributed by atoms with van der Waals surface area (Å²) in [5, 5.41) is 2.71. The van der Waals surface area contributed by atoms with Crippen LogP contribution in [0.2, 0.25) is 0 Å². The Hall–Kier alpha value is -0.790. The average molecular weight is 450 g/mol. The Morgan fingerprint density at radius 2 is 1.84 bits per heavy atom. The molecule has 4 nitrogen and oxygen atoms in total. The first-order chi connectivity index (χ1) is 9.04. The molecule has 0 aliphatic carbocycles. The van der Waals surface area contributed by atoms with Crippen molar-refractivity contribution in [3.05, 3.63) is 49.7 Å². The fourth-order valence-electron chi connectivity index (χ4n) is 1.39. The monoisotopic (exact) mass is 447 g/mol. The number of rotatable bonds is 3. The van der Waals surface area contributed by atoms with Crippen LogP contribution in [-0.2, 0) is 11.2 Å². The molecule has 0 unspecified atom stereocenters. The second kappa shape index (κ2) is 6.58. The van der Waals surface area contributed by atoms with Gasteiger partial charge in [0.25, 0.3) is 0 Å². The number of amides is 1. The second-order valence-electron chi connectivity index (χ2n) is 3.68. The van der Waals surface area contributed by atoms with Crippen molar-refractivity contribution in [2.24, 2.45) is 0 Å². The van der Waals surface area contributed by atoms with Gasteiger partial charge in [0.15, 0.2) is 5.82 Å². The van der Waals surface area contributed by atoms with Crippen molar-refractivity contribution in [1.29, 1.82) is 0 Å². The minimum Gasteiger partial charge on any atom is -0.308 e. The summed E-state index contributed by atoms with van der Waals surface area (Å²) in [5.74, 6) is 0.268. The van der Waals surface area contributed by atoms with Crippen LogP contribution in [0.15, 0.2) is 44.1 Å². The Morgan fingerprint density at radius 3 is 2.47 bits per heavy atom. The molecule has 0 saturated carbocycles. The van der Waals surface area contributed by atoms with Gasteiger partial charge in [0.05, 0.1) is 12.6 Å². The zero-order valence-electron chi connectivity index (χ0n) is 9.53. The molecule has 0 aliphatic rings. The van der Waals surface area contributed by atoms with Crippen molar-refractivity contribution in [3.8, 4) is 0 Å². The van der Waals surface area contributed by atoms with Gasteiger partial charge in [0, 0.05) is 4.47 Å². The predicted molar refractivity (Wildman–Crippen MR) is 83.9 cm³/mol. The normalized spacial score (nSPS) is 10.3. The van der Waals surface area contributed by atoms with E-state index in [4.69, 9.17) is 0 Å². The number of carbonyl (C=O) groups excluding carboxylic acids is 1. The highest BCUT2D eigenvalue weighted by Crippen LogP contribution is 2.19. The highest BCUT2D eigenvalue weighted by molar-refractivity contribution is 9.11.